The zero-order valence-corrected chi connectivity index (χ0v) is 15.4. The maximum atomic E-state index is 12.7. The van der Waals surface area contributed by atoms with Crippen molar-refractivity contribution in [3.05, 3.63) is 0 Å². The first-order valence-corrected chi connectivity index (χ1v) is 8.81. The minimum Gasteiger partial charge on any atom is -0.383 e. The van der Waals surface area contributed by atoms with E-state index in [4.69, 9.17) is 15.2 Å². The van der Waals surface area contributed by atoms with Gasteiger partial charge in [-0.15, -0.1) is 12.4 Å². The lowest BCUT2D eigenvalue weighted by Gasteiger charge is -2.36. The van der Waals surface area contributed by atoms with Gasteiger partial charge in [0.15, 0.2) is 0 Å². The van der Waals surface area contributed by atoms with Crippen molar-refractivity contribution in [3.63, 3.8) is 0 Å². The van der Waals surface area contributed by atoms with Crippen LogP contribution in [0, 0.1) is 5.92 Å². The van der Waals surface area contributed by atoms with Crippen molar-refractivity contribution in [1.82, 2.24) is 8.61 Å². The Bertz CT molecular complexity index is 379. The van der Waals surface area contributed by atoms with E-state index in [1.54, 1.807) is 18.5 Å². The molecular weight excluding hydrogens is 330 g/mol. The molecule has 1 aliphatic heterocycles. The van der Waals surface area contributed by atoms with Crippen LogP contribution in [-0.2, 0) is 19.7 Å². The number of nitrogens with zero attached hydrogens (tertiary/aromatic N) is 2. The van der Waals surface area contributed by atoms with Gasteiger partial charge in [-0.25, -0.2) is 0 Å². The van der Waals surface area contributed by atoms with E-state index in [1.807, 2.05) is 6.92 Å². The Labute approximate surface area is 140 Å². The molecule has 1 aliphatic rings. The molecule has 1 unspecified atom stereocenters. The van der Waals surface area contributed by atoms with Crippen molar-refractivity contribution in [2.75, 3.05) is 53.6 Å². The van der Waals surface area contributed by atoms with Crippen LogP contribution in [0.5, 0.6) is 0 Å². The molecule has 0 saturated carbocycles. The van der Waals surface area contributed by atoms with Gasteiger partial charge < -0.3 is 15.2 Å². The summed E-state index contributed by atoms with van der Waals surface area (Å²) in [5.74, 6) is 0.405. The maximum absolute atomic E-state index is 12.7. The Morgan fingerprint density at radius 1 is 1.18 bits per heavy atom. The molecule has 7 nitrogen and oxygen atoms in total. The van der Waals surface area contributed by atoms with Crippen LogP contribution in [0.4, 0.5) is 0 Å². The highest BCUT2D eigenvalue weighted by Gasteiger charge is 2.33. The molecule has 0 aliphatic carbocycles. The maximum Gasteiger partial charge on any atom is 0.282 e. The minimum atomic E-state index is -3.45. The molecule has 0 amide bonds. The topological polar surface area (TPSA) is 85.1 Å². The first kappa shape index (κ1) is 22.0. The highest BCUT2D eigenvalue weighted by Crippen LogP contribution is 2.23. The van der Waals surface area contributed by atoms with Gasteiger partial charge in [0.25, 0.3) is 10.2 Å². The highest BCUT2D eigenvalue weighted by atomic mass is 35.5. The molecule has 134 valence electrons. The predicted octanol–water partition coefficient (Wildman–Crippen LogP) is 0.307. The summed E-state index contributed by atoms with van der Waals surface area (Å²) in [5, 5.41) is 0. The minimum absolute atomic E-state index is 0. The Kier molecular flexibility index (Phi) is 10.8. The normalized spacial score (nSPS) is 19.1. The van der Waals surface area contributed by atoms with Crippen molar-refractivity contribution < 1.29 is 17.9 Å². The lowest BCUT2D eigenvalue weighted by Crippen LogP contribution is -2.50. The van der Waals surface area contributed by atoms with E-state index in [0.29, 0.717) is 45.3 Å². The Morgan fingerprint density at radius 3 is 2.00 bits per heavy atom. The summed E-state index contributed by atoms with van der Waals surface area (Å²) < 4.78 is 38.4. The molecule has 1 atom stereocenters. The predicted molar refractivity (Wildman–Crippen MR) is 89.4 cm³/mol. The molecular formula is C13H30ClN3O4S. The second kappa shape index (κ2) is 10.7. The van der Waals surface area contributed by atoms with Gasteiger partial charge in [0, 0.05) is 46.4 Å². The van der Waals surface area contributed by atoms with Crippen LogP contribution >= 0.6 is 12.4 Å². The quantitative estimate of drug-likeness (QED) is 0.640. The molecule has 1 saturated heterocycles. The molecule has 0 aromatic rings. The molecule has 0 bridgehead atoms. The first-order valence-electron chi connectivity index (χ1n) is 7.42. The van der Waals surface area contributed by atoms with Crippen LogP contribution in [-0.4, -0.2) is 76.7 Å². The number of hydrogen-bond acceptors (Lipinski definition) is 5. The molecule has 0 aromatic carbocycles. The Hall–Kier alpha value is 0.0400. The van der Waals surface area contributed by atoms with Gasteiger partial charge >= 0.3 is 0 Å². The van der Waals surface area contributed by atoms with Crippen molar-refractivity contribution >= 4 is 22.6 Å². The van der Waals surface area contributed by atoms with Gasteiger partial charge in [0.1, 0.15) is 0 Å². The van der Waals surface area contributed by atoms with E-state index in [1.165, 1.54) is 4.31 Å². The number of rotatable bonds is 9. The van der Waals surface area contributed by atoms with E-state index in [-0.39, 0.29) is 18.4 Å². The molecule has 22 heavy (non-hydrogen) atoms. The molecule has 1 heterocycles. The summed E-state index contributed by atoms with van der Waals surface area (Å²) >= 11 is 0. The number of piperidine rings is 1. The molecule has 0 aromatic heterocycles. The summed E-state index contributed by atoms with van der Waals surface area (Å²) in [7, 11) is -0.322. The zero-order valence-electron chi connectivity index (χ0n) is 13.7. The third-order valence-electron chi connectivity index (χ3n) is 3.98. The molecule has 9 heteroatoms. The van der Waals surface area contributed by atoms with Gasteiger partial charge in [-0.05, 0) is 25.7 Å². The van der Waals surface area contributed by atoms with Crippen LogP contribution in [0.3, 0.4) is 0 Å². The van der Waals surface area contributed by atoms with Crippen LogP contribution < -0.4 is 5.73 Å². The van der Waals surface area contributed by atoms with E-state index in [0.717, 1.165) is 12.8 Å². The second-order valence-electron chi connectivity index (χ2n) is 5.49. The molecule has 0 spiro atoms. The number of halogens is 1. The van der Waals surface area contributed by atoms with E-state index < -0.39 is 10.2 Å². The van der Waals surface area contributed by atoms with Crippen molar-refractivity contribution in [1.29, 1.82) is 0 Å². The Morgan fingerprint density at radius 2 is 1.64 bits per heavy atom. The molecule has 0 radical (unpaired) electrons. The fourth-order valence-electron chi connectivity index (χ4n) is 2.52. The summed E-state index contributed by atoms with van der Waals surface area (Å²) in [6.45, 7) is 4.48. The molecule has 2 N–H and O–H groups in total. The summed E-state index contributed by atoms with van der Waals surface area (Å²) in [4.78, 5) is 0. The van der Waals surface area contributed by atoms with Crippen molar-refractivity contribution in [2.24, 2.45) is 11.7 Å². The van der Waals surface area contributed by atoms with Gasteiger partial charge in [-0.2, -0.15) is 17.0 Å². The van der Waals surface area contributed by atoms with Gasteiger partial charge in [-0.1, -0.05) is 0 Å². The number of nitrogens with two attached hydrogens (primary N) is 1. The zero-order chi connectivity index (χ0) is 15.9. The van der Waals surface area contributed by atoms with Gasteiger partial charge in [0.2, 0.25) is 0 Å². The largest absolute Gasteiger partial charge is 0.383 e. The van der Waals surface area contributed by atoms with Crippen LogP contribution in [0.1, 0.15) is 19.8 Å². The molecule has 1 rings (SSSR count). The molecule has 1 fully saturated rings. The monoisotopic (exact) mass is 359 g/mol. The smallest absolute Gasteiger partial charge is 0.282 e. The van der Waals surface area contributed by atoms with Crippen LogP contribution in [0.25, 0.3) is 0 Å². The van der Waals surface area contributed by atoms with Gasteiger partial charge in [-0.3, -0.25) is 0 Å². The number of methoxy groups -OCH3 is 2. The fourth-order valence-corrected chi connectivity index (χ4v) is 4.13. The van der Waals surface area contributed by atoms with Crippen molar-refractivity contribution in [3.8, 4) is 0 Å². The SMILES string of the molecule is COCCN(CCOC)S(=O)(=O)N1CCC(C(C)N)CC1.Cl. The first-order chi connectivity index (χ1) is 9.93. The van der Waals surface area contributed by atoms with E-state index in [9.17, 15) is 8.42 Å². The summed E-state index contributed by atoms with van der Waals surface area (Å²) in [5.41, 5.74) is 5.90. The summed E-state index contributed by atoms with van der Waals surface area (Å²) in [6.07, 6.45) is 1.64. The average Bonchev–Trinajstić information content (AvgIpc) is 2.47. The van der Waals surface area contributed by atoms with Crippen molar-refractivity contribution in [2.45, 2.75) is 25.8 Å². The van der Waals surface area contributed by atoms with E-state index in [2.05, 4.69) is 0 Å². The summed E-state index contributed by atoms with van der Waals surface area (Å²) in [6, 6.07) is 0.118. The highest BCUT2D eigenvalue weighted by molar-refractivity contribution is 7.86. The standard InChI is InChI=1S/C13H29N3O4S.ClH/c1-12(14)13-4-6-15(7-5-13)21(17,18)16(8-10-19-2)9-11-20-3;/h12-13H,4-11,14H2,1-3H3;1H. The van der Waals surface area contributed by atoms with Crippen LogP contribution in [0.15, 0.2) is 0 Å². The fraction of sp³-hybridized carbons (Fsp3) is 1.00. The average molecular weight is 360 g/mol. The van der Waals surface area contributed by atoms with Crippen LogP contribution in [0.2, 0.25) is 0 Å². The lowest BCUT2D eigenvalue weighted by atomic mass is 9.92. The third kappa shape index (κ3) is 6.27. The Balaban J connectivity index is 0.00000441. The third-order valence-corrected chi connectivity index (χ3v) is 6.02. The second-order valence-corrected chi connectivity index (χ2v) is 7.42. The van der Waals surface area contributed by atoms with E-state index >= 15 is 0 Å². The number of hydrogen-bond donors (Lipinski definition) is 1. The number of ether oxygens (including phenoxy) is 2. The lowest BCUT2D eigenvalue weighted by molar-refractivity contribution is 0.144. The van der Waals surface area contributed by atoms with Gasteiger partial charge in [0.05, 0.1) is 13.2 Å².